The molecule has 0 heterocycles. The average Bonchev–Trinajstić information content (AvgIpc) is 2.95. The second-order valence-corrected chi connectivity index (χ2v) is 14.0. The molecule has 0 aliphatic heterocycles. The number of likely N-dealkylation sites (N-methyl/N-ethyl adjacent to an activating group) is 1. The summed E-state index contributed by atoms with van der Waals surface area (Å²) in [7, 11) is 1.57. The van der Waals surface area contributed by atoms with Gasteiger partial charge in [0.15, 0.2) is 0 Å². The molecule has 0 radical (unpaired) electrons. The van der Waals surface area contributed by atoms with Crippen LogP contribution in [0.1, 0.15) is 117 Å². The van der Waals surface area contributed by atoms with Gasteiger partial charge in [0.2, 0.25) is 5.91 Å². The molecule has 0 rings (SSSR count). The number of nitrogens with zero attached hydrogens (tertiary/aromatic N) is 1. The Balaban J connectivity index is 4.56. The Morgan fingerprint density at radius 1 is 0.795 bits per heavy atom. The highest BCUT2D eigenvalue weighted by Gasteiger charge is 2.28. The van der Waals surface area contributed by atoms with Crippen LogP contribution in [0.25, 0.3) is 0 Å². The predicted octanol–water partition coefficient (Wildman–Crippen LogP) is 8.18. The molecule has 0 aliphatic rings. The SMILES string of the molecule is CC/C=C\C/C=C\C/C=C\C/C=C\CCCCC(=O)NC(COP(=O)(O)OCC[N+](C)(C)C)C(O)CCCCCCCCC. The van der Waals surface area contributed by atoms with Gasteiger partial charge in [-0.3, -0.25) is 13.8 Å². The largest absolute Gasteiger partial charge is 0.472 e. The number of allylic oxidation sites excluding steroid dienone is 8. The molecule has 256 valence electrons. The minimum absolute atomic E-state index is 0.0637. The Morgan fingerprint density at radius 3 is 1.95 bits per heavy atom. The quantitative estimate of drug-likeness (QED) is 0.0329. The first-order chi connectivity index (χ1) is 21.0. The molecule has 0 saturated carbocycles. The molecule has 0 saturated heterocycles. The molecular formula is C35H66N2O6P+. The van der Waals surface area contributed by atoms with Crippen molar-refractivity contribution < 1.29 is 32.9 Å². The van der Waals surface area contributed by atoms with Gasteiger partial charge in [-0.1, -0.05) is 107 Å². The van der Waals surface area contributed by atoms with Gasteiger partial charge >= 0.3 is 7.82 Å². The van der Waals surface area contributed by atoms with Crippen molar-refractivity contribution in [2.75, 3.05) is 40.9 Å². The highest BCUT2D eigenvalue weighted by Crippen LogP contribution is 2.43. The summed E-state index contributed by atoms with van der Waals surface area (Å²) in [4.78, 5) is 22.8. The van der Waals surface area contributed by atoms with E-state index in [1.807, 2.05) is 21.1 Å². The first kappa shape index (κ1) is 42.5. The first-order valence-electron chi connectivity index (χ1n) is 17.0. The molecule has 8 nitrogen and oxygen atoms in total. The van der Waals surface area contributed by atoms with E-state index in [0.717, 1.165) is 64.2 Å². The normalized spacial score (nSPS) is 15.5. The average molecular weight is 642 g/mol. The van der Waals surface area contributed by atoms with E-state index in [0.29, 0.717) is 23.9 Å². The van der Waals surface area contributed by atoms with Crippen molar-refractivity contribution in [1.29, 1.82) is 0 Å². The van der Waals surface area contributed by atoms with Crippen LogP contribution in [-0.2, 0) is 18.4 Å². The van der Waals surface area contributed by atoms with Crippen molar-refractivity contribution in [3.8, 4) is 0 Å². The molecule has 44 heavy (non-hydrogen) atoms. The van der Waals surface area contributed by atoms with Crippen LogP contribution in [0, 0.1) is 0 Å². The van der Waals surface area contributed by atoms with Gasteiger partial charge in [0.05, 0.1) is 39.9 Å². The molecule has 3 N–H and O–H groups in total. The van der Waals surface area contributed by atoms with Gasteiger partial charge < -0.3 is 19.8 Å². The van der Waals surface area contributed by atoms with E-state index in [9.17, 15) is 19.4 Å². The number of carbonyl (C=O) groups excluding carboxylic acids is 1. The first-order valence-corrected chi connectivity index (χ1v) is 18.5. The number of hydrogen-bond donors (Lipinski definition) is 3. The van der Waals surface area contributed by atoms with E-state index < -0.39 is 20.0 Å². The fourth-order valence-electron chi connectivity index (χ4n) is 4.33. The maximum absolute atomic E-state index is 12.7. The number of phosphoric acid groups is 1. The van der Waals surface area contributed by atoms with E-state index in [-0.39, 0.29) is 19.1 Å². The summed E-state index contributed by atoms with van der Waals surface area (Å²) in [6, 6.07) is -0.778. The van der Waals surface area contributed by atoms with Gasteiger partial charge in [0, 0.05) is 6.42 Å². The molecule has 0 bridgehead atoms. The molecule has 0 aromatic heterocycles. The molecule has 0 fully saturated rings. The number of carbonyl (C=O) groups is 1. The lowest BCUT2D eigenvalue weighted by atomic mass is 10.0. The molecule has 0 aromatic rings. The minimum Gasteiger partial charge on any atom is -0.391 e. The van der Waals surface area contributed by atoms with E-state index in [1.165, 1.54) is 25.7 Å². The number of hydrogen-bond acceptors (Lipinski definition) is 5. The van der Waals surface area contributed by atoms with Crippen molar-refractivity contribution >= 4 is 13.7 Å². The summed E-state index contributed by atoms with van der Waals surface area (Å²) in [5, 5.41) is 13.7. The maximum atomic E-state index is 12.7. The smallest absolute Gasteiger partial charge is 0.391 e. The van der Waals surface area contributed by atoms with Gasteiger partial charge in [-0.15, -0.1) is 0 Å². The van der Waals surface area contributed by atoms with Crippen molar-refractivity contribution in [2.45, 2.75) is 129 Å². The zero-order valence-corrected chi connectivity index (χ0v) is 29.5. The van der Waals surface area contributed by atoms with Crippen molar-refractivity contribution in [2.24, 2.45) is 0 Å². The second-order valence-electron chi connectivity index (χ2n) is 12.5. The Bertz CT molecular complexity index is 866. The van der Waals surface area contributed by atoms with Crippen LogP contribution in [0.2, 0.25) is 0 Å². The topological polar surface area (TPSA) is 105 Å². The highest BCUT2D eigenvalue weighted by atomic mass is 31.2. The van der Waals surface area contributed by atoms with Crippen LogP contribution < -0.4 is 5.32 Å². The molecular weight excluding hydrogens is 575 g/mol. The van der Waals surface area contributed by atoms with Crippen LogP contribution in [0.4, 0.5) is 0 Å². The summed E-state index contributed by atoms with van der Waals surface area (Å²) in [5.74, 6) is -0.193. The molecule has 9 heteroatoms. The molecule has 1 amide bonds. The standard InChI is InChI=1S/C35H65N2O6P/c1-6-8-10-12-14-15-16-17-18-19-20-21-23-25-27-29-35(39)36-33(34(38)28-26-24-22-13-11-9-7-2)32-43-44(40,41)42-31-30-37(3,4)5/h8,10,14-15,17-18,20-21,33-34,38H,6-7,9,11-13,16,19,22-32H2,1-5H3,(H-,36,39,40,41)/p+1/b10-8-,15-14-,18-17-,21-20-. The van der Waals surface area contributed by atoms with Gasteiger partial charge in [-0.2, -0.15) is 0 Å². The number of aliphatic hydroxyl groups is 1. The minimum atomic E-state index is -4.31. The molecule has 0 aromatic carbocycles. The number of phosphoric ester groups is 1. The van der Waals surface area contributed by atoms with E-state index >= 15 is 0 Å². The summed E-state index contributed by atoms with van der Waals surface area (Å²) >= 11 is 0. The summed E-state index contributed by atoms with van der Waals surface area (Å²) in [6.45, 7) is 4.64. The third-order valence-corrected chi connectivity index (χ3v) is 8.08. The van der Waals surface area contributed by atoms with Crippen LogP contribution >= 0.6 is 7.82 Å². The predicted molar refractivity (Wildman–Crippen MR) is 184 cm³/mol. The van der Waals surface area contributed by atoms with E-state index in [4.69, 9.17) is 9.05 Å². The lowest BCUT2D eigenvalue weighted by Crippen LogP contribution is -2.46. The third kappa shape index (κ3) is 29.2. The van der Waals surface area contributed by atoms with Crippen LogP contribution in [-0.4, -0.2) is 73.4 Å². The Morgan fingerprint density at radius 2 is 1.36 bits per heavy atom. The number of unbranched alkanes of at least 4 members (excludes halogenated alkanes) is 8. The Kier molecular flexibility index (Phi) is 26.8. The van der Waals surface area contributed by atoms with Gasteiger partial charge in [0.25, 0.3) is 0 Å². The third-order valence-electron chi connectivity index (χ3n) is 7.09. The number of aliphatic hydroxyl groups excluding tert-OH is 1. The molecule has 3 unspecified atom stereocenters. The van der Waals surface area contributed by atoms with Crippen LogP contribution in [0.15, 0.2) is 48.6 Å². The summed E-state index contributed by atoms with van der Waals surface area (Å²) < 4.78 is 23.3. The van der Waals surface area contributed by atoms with E-state index in [2.05, 4.69) is 67.8 Å². The van der Waals surface area contributed by atoms with Gasteiger partial charge in [0.1, 0.15) is 13.2 Å². The second kappa shape index (κ2) is 27.7. The Hall–Kier alpha value is -1.54. The van der Waals surface area contributed by atoms with E-state index in [1.54, 1.807) is 0 Å². The molecule has 0 aliphatic carbocycles. The zero-order valence-electron chi connectivity index (χ0n) is 28.6. The summed E-state index contributed by atoms with van der Waals surface area (Å²) in [6.07, 6.45) is 31.5. The highest BCUT2D eigenvalue weighted by molar-refractivity contribution is 7.47. The number of rotatable bonds is 29. The van der Waals surface area contributed by atoms with Crippen molar-refractivity contribution in [1.82, 2.24) is 5.32 Å². The van der Waals surface area contributed by atoms with Crippen LogP contribution in [0.3, 0.4) is 0 Å². The number of quaternary nitrogens is 1. The fraction of sp³-hybridized carbons (Fsp3) is 0.743. The van der Waals surface area contributed by atoms with Crippen molar-refractivity contribution in [3.05, 3.63) is 48.6 Å². The van der Waals surface area contributed by atoms with Crippen molar-refractivity contribution in [3.63, 3.8) is 0 Å². The number of amides is 1. The Labute approximate surface area is 269 Å². The van der Waals surface area contributed by atoms with Gasteiger partial charge in [-0.05, 0) is 51.4 Å². The lowest BCUT2D eigenvalue weighted by Gasteiger charge is -2.26. The lowest BCUT2D eigenvalue weighted by molar-refractivity contribution is -0.870. The zero-order chi connectivity index (χ0) is 32.9. The number of nitrogens with one attached hydrogen (secondary N) is 1. The van der Waals surface area contributed by atoms with Crippen LogP contribution in [0.5, 0.6) is 0 Å². The van der Waals surface area contributed by atoms with Gasteiger partial charge in [-0.25, -0.2) is 4.57 Å². The monoisotopic (exact) mass is 641 g/mol. The fourth-order valence-corrected chi connectivity index (χ4v) is 5.06. The molecule has 0 spiro atoms. The molecule has 3 atom stereocenters. The summed E-state index contributed by atoms with van der Waals surface area (Å²) in [5.41, 5.74) is 0. The maximum Gasteiger partial charge on any atom is 0.472 e.